The molecule has 1 aromatic heterocycles. The Kier molecular flexibility index (Phi) is 9.42. The second-order valence-electron chi connectivity index (χ2n) is 9.42. The molecule has 0 unspecified atom stereocenters. The molecule has 1 aliphatic carbocycles. The quantitative estimate of drug-likeness (QED) is 0.209. The van der Waals surface area contributed by atoms with E-state index in [1.807, 2.05) is 24.5 Å². The third kappa shape index (κ3) is 6.87. The minimum Gasteiger partial charge on any atom is -0.425 e. The van der Waals surface area contributed by atoms with Gasteiger partial charge in [0.1, 0.15) is 5.75 Å². The monoisotopic (exact) mass is 447 g/mol. The van der Waals surface area contributed by atoms with Gasteiger partial charge in [0.2, 0.25) is 0 Å². The van der Waals surface area contributed by atoms with Crippen LogP contribution in [0.4, 0.5) is 0 Å². The highest BCUT2D eigenvalue weighted by molar-refractivity contribution is 5.82. The maximum Gasteiger partial charge on any atom is 0.331 e. The van der Waals surface area contributed by atoms with E-state index >= 15 is 0 Å². The molecule has 2 aromatic rings. The molecule has 0 radical (unpaired) electrons. The van der Waals surface area contributed by atoms with Crippen molar-refractivity contribution < 1.29 is 9.53 Å². The first-order valence-corrected chi connectivity index (χ1v) is 12.6. The number of ether oxygens (including phenoxy) is 1. The van der Waals surface area contributed by atoms with Gasteiger partial charge in [-0.15, -0.1) is 0 Å². The summed E-state index contributed by atoms with van der Waals surface area (Å²) in [5.74, 6) is 1.32. The van der Waals surface area contributed by atoms with Gasteiger partial charge in [0.05, 0.1) is 6.07 Å². The van der Waals surface area contributed by atoms with Crippen molar-refractivity contribution in [3.8, 4) is 23.2 Å². The zero-order valence-electron chi connectivity index (χ0n) is 20.2. The van der Waals surface area contributed by atoms with Gasteiger partial charge in [0.15, 0.2) is 11.2 Å². The summed E-state index contributed by atoms with van der Waals surface area (Å²) in [6.07, 6.45) is 16.4. The SMILES string of the molecule is CCCCCCCC1CCC(C#N)(C(=O)Oc2ccc(-c3ncc(CCC)cn3)cc2)CC1. The molecule has 176 valence electrons. The number of rotatable bonds is 11. The number of aromatic nitrogens is 2. The minimum atomic E-state index is -1.02. The van der Waals surface area contributed by atoms with Crippen molar-refractivity contribution >= 4 is 5.97 Å². The summed E-state index contributed by atoms with van der Waals surface area (Å²) in [6, 6.07) is 9.51. The van der Waals surface area contributed by atoms with Crippen LogP contribution < -0.4 is 4.74 Å². The van der Waals surface area contributed by atoms with Crippen molar-refractivity contribution in [1.29, 1.82) is 5.26 Å². The Balaban J connectivity index is 1.53. The highest BCUT2D eigenvalue weighted by Crippen LogP contribution is 2.41. The highest BCUT2D eigenvalue weighted by Gasteiger charge is 2.43. The van der Waals surface area contributed by atoms with E-state index in [1.54, 1.807) is 12.1 Å². The Labute approximate surface area is 198 Å². The fourth-order valence-electron chi connectivity index (χ4n) is 4.66. The molecule has 1 fully saturated rings. The molecule has 0 saturated heterocycles. The third-order valence-electron chi connectivity index (χ3n) is 6.85. The van der Waals surface area contributed by atoms with E-state index in [4.69, 9.17) is 4.74 Å². The van der Waals surface area contributed by atoms with Gasteiger partial charge in [0.25, 0.3) is 0 Å². The van der Waals surface area contributed by atoms with E-state index in [-0.39, 0.29) is 0 Å². The zero-order chi connectivity index (χ0) is 23.5. The second-order valence-corrected chi connectivity index (χ2v) is 9.42. The molecule has 0 amide bonds. The van der Waals surface area contributed by atoms with Gasteiger partial charge >= 0.3 is 5.97 Å². The average Bonchev–Trinajstić information content (AvgIpc) is 2.85. The first-order valence-electron chi connectivity index (χ1n) is 12.6. The molecular formula is C28H37N3O2. The lowest BCUT2D eigenvalue weighted by Gasteiger charge is -2.33. The number of esters is 1. The van der Waals surface area contributed by atoms with Crippen LogP contribution in [0.25, 0.3) is 11.4 Å². The van der Waals surface area contributed by atoms with Crippen LogP contribution in [-0.4, -0.2) is 15.9 Å². The van der Waals surface area contributed by atoms with Gasteiger partial charge in [-0.25, -0.2) is 14.8 Å². The van der Waals surface area contributed by atoms with Crippen molar-refractivity contribution in [1.82, 2.24) is 9.97 Å². The minimum absolute atomic E-state index is 0.417. The largest absolute Gasteiger partial charge is 0.425 e. The summed E-state index contributed by atoms with van der Waals surface area (Å²) >= 11 is 0. The predicted molar refractivity (Wildman–Crippen MR) is 130 cm³/mol. The maximum absolute atomic E-state index is 12.9. The standard InChI is InChI=1S/C28H37N3O2/c1-3-5-6-7-8-10-22-15-17-28(21-29,18-16-22)27(32)33-25-13-11-24(12-14-25)26-30-19-23(9-4-2)20-31-26/h11-14,19-20,22H,3-10,15-18H2,1-2H3. The van der Waals surface area contributed by atoms with Crippen molar-refractivity contribution in [3.05, 3.63) is 42.2 Å². The number of nitriles is 1. The first-order chi connectivity index (χ1) is 16.1. The number of unbranched alkanes of at least 4 members (excludes halogenated alkanes) is 4. The topological polar surface area (TPSA) is 75.9 Å². The fraction of sp³-hybridized carbons (Fsp3) is 0.571. The number of nitrogens with zero attached hydrogens (tertiary/aromatic N) is 3. The molecule has 5 heteroatoms. The van der Waals surface area contributed by atoms with Crippen molar-refractivity contribution in [2.24, 2.45) is 11.3 Å². The summed E-state index contributed by atoms with van der Waals surface area (Å²) < 4.78 is 5.65. The van der Waals surface area contributed by atoms with Crippen LogP contribution in [0, 0.1) is 22.7 Å². The highest BCUT2D eigenvalue weighted by atomic mass is 16.5. The van der Waals surface area contributed by atoms with Crippen LogP contribution in [0.5, 0.6) is 5.75 Å². The lowest BCUT2D eigenvalue weighted by molar-refractivity contribution is -0.144. The van der Waals surface area contributed by atoms with Gasteiger partial charge in [-0.3, -0.25) is 0 Å². The molecule has 0 aliphatic heterocycles. The van der Waals surface area contributed by atoms with Crippen molar-refractivity contribution in [3.63, 3.8) is 0 Å². The summed E-state index contributed by atoms with van der Waals surface area (Å²) in [6.45, 7) is 4.36. The fourth-order valence-corrected chi connectivity index (χ4v) is 4.66. The summed E-state index contributed by atoms with van der Waals surface area (Å²) in [4.78, 5) is 21.8. The van der Waals surface area contributed by atoms with Crippen LogP contribution in [0.15, 0.2) is 36.7 Å². The van der Waals surface area contributed by atoms with Crippen LogP contribution in [0.3, 0.4) is 0 Å². The molecule has 0 N–H and O–H groups in total. The van der Waals surface area contributed by atoms with Crippen LogP contribution in [0.1, 0.15) is 90.0 Å². The van der Waals surface area contributed by atoms with Gasteiger partial charge in [-0.2, -0.15) is 5.26 Å². The average molecular weight is 448 g/mol. The Hall–Kier alpha value is -2.74. The number of benzene rings is 1. The van der Waals surface area contributed by atoms with E-state index in [2.05, 4.69) is 29.9 Å². The van der Waals surface area contributed by atoms with Crippen molar-refractivity contribution in [2.45, 2.75) is 90.9 Å². The number of hydrogen-bond acceptors (Lipinski definition) is 5. The third-order valence-corrected chi connectivity index (χ3v) is 6.85. The van der Waals surface area contributed by atoms with Gasteiger partial charge in [0, 0.05) is 18.0 Å². The van der Waals surface area contributed by atoms with E-state index < -0.39 is 11.4 Å². The molecule has 5 nitrogen and oxygen atoms in total. The summed E-state index contributed by atoms with van der Waals surface area (Å²) in [5.41, 5.74) is 0.974. The van der Waals surface area contributed by atoms with E-state index in [1.165, 1.54) is 38.5 Å². The number of carbonyl (C=O) groups is 1. The Morgan fingerprint density at radius 3 is 2.30 bits per heavy atom. The smallest absolute Gasteiger partial charge is 0.331 e. The first kappa shape index (κ1) is 24.9. The molecule has 1 aliphatic rings. The molecule has 1 saturated carbocycles. The summed E-state index contributed by atoms with van der Waals surface area (Å²) in [7, 11) is 0. The molecule has 3 rings (SSSR count). The Morgan fingerprint density at radius 1 is 1.03 bits per heavy atom. The molecule has 0 spiro atoms. The molecule has 0 bridgehead atoms. The van der Waals surface area contributed by atoms with Gasteiger partial charge in [-0.05, 0) is 67.9 Å². The van der Waals surface area contributed by atoms with Crippen LogP contribution in [0.2, 0.25) is 0 Å². The number of aryl methyl sites for hydroxylation is 1. The predicted octanol–water partition coefficient (Wildman–Crippen LogP) is 7.06. The second kappa shape index (κ2) is 12.5. The molecule has 0 atom stereocenters. The molecule has 33 heavy (non-hydrogen) atoms. The molecule has 1 aromatic carbocycles. The van der Waals surface area contributed by atoms with Crippen molar-refractivity contribution in [2.75, 3.05) is 0 Å². The maximum atomic E-state index is 12.9. The Bertz CT molecular complexity index is 908. The normalized spacial score (nSPS) is 20.2. The van der Waals surface area contributed by atoms with E-state index in [0.29, 0.717) is 30.3 Å². The lowest BCUT2D eigenvalue weighted by atomic mass is 9.70. The van der Waals surface area contributed by atoms with Gasteiger partial charge in [-0.1, -0.05) is 58.8 Å². The molecule has 1 heterocycles. The number of hydrogen-bond donors (Lipinski definition) is 0. The Morgan fingerprint density at radius 2 is 1.70 bits per heavy atom. The lowest BCUT2D eigenvalue weighted by Crippen LogP contribution is -2.37. The van der Waals surface area contributed by atoms with Crippen LogP contribution in [-0.2, 0) is 11.2 Å². The van der Waals surface area contributed by atoms with E-state index in [9.17, 15) is 10.1 Å². The van der Waals surface area contributed by atoms with E-state index in [0.717, 1.165) is 36.8 Å². The zero-order valence-corrected chi connectivity index (χ0v) is 20.2. The van der Waals surface area contributed by atoms with Gasteiger partial charge < -0.3 is 4.74 Å². The summed E-state index contributed by atoms with van der Waals surface area (Å²) in [5, 5.41) is 9.84. The molecular weight excluding hydrogens is 410 g/mol. The van der Waals surface area contributed by atoms with Crippen LogP contribution >= 0.6 is 0 Å². The number of carbonyl (C=O) groups excluding carboxylic acids is 1.